The predicted octanol–water partition coefficient (Wildman–Crippen LogP) is 14.2. The number of para-hydroxylation sites is 7. The van der Waals surface area contributed by atoms with Crippen LogP contribution in [0, 0.1) is 0 Å². The molecule has 0 fully saturated rings. The van der Waals surface area contributed by atoms with E-state index in [4.69, 9.17) is 52.4 Å². The van der Waals surface area contributed by atoms with Crippen LogP contribution in [0.15, 0.2) is 203 Å². The standard InChI is InChI=1S/C61H47Cl2N3O10/c1-74-54-31-37(34-65-57(39-17-3-10-24-47(39)68)40-18-4-11-25-48(40)69)51(72)32-55(54)75-52-28-14-7-21-43(52)58(41-19-5-12-26-49(41)70)66-35-38-30-45(62)61(56(63)60(38)73)76-53-29-15-8-22-44(53)59(42-20-6-13-27-50(42)71)64-33-36-16-2-9-23-46(36)67/h2-35,57-59,67-73H,1H3. The van der Waals surface area contributed by atoms with E-state index >= 15 is 0 Å². The first kappa shape index (κ1) is 51.5. The average Bonchev–Trinajstić information content (AvgIpc) is 3.42. The molecule has 2 unspecified atom stereocenters. The van der Waals surface area contributed by atoms with Crippen LogP contribution in [0.5, 0.6) is 69.0 Å². The van der Waals surface area contributed by atoms with E-state index in [1.807, 2.05) is 0 Å². The Morgan fingerprint density at radius 1 is 0.368 bits per heavy atom. The Labute approximate surface area is 447 Å². The van der Waals surface area contributed by atoms with Crippen LogP contribution in [0.25, 0.3) is 0 Å². The molecule has 0 spiro atoms. The molecule has 0 saturated heterocycles. The minimum absolute atomic E-state index is 0.00560. The minimum Gasteiger partial charge on any atom is -0.508 e. The number of methoxy groups -OCH3 is 1. The minimum atomic E-state index is -0.978. The molecule has 9 aromatic rings. The van der Waals surface area contributed by atoms with E-state index in [0.717, 1.165) is 0 Å². The summed E-state index contributed by atoms with van der Waals surface area (Å²) in [4.78, 5) is 14.4. The van der Waals surface area contributed by atoms with Gasteiger partial charge in [-0.1, -0.05) is 145 Å². The average molecular weight is 1050 g/mol. The molecular weight excluding hydrogens is 1010 g/mol. The summed E-state index contributed by atoms with van der Waals surface area (Å²) in [6.07, 6.45) is 4.28. The van der Waals surface area contributed by atoms with Gasteiger partial charge in [0.25, 0.3) is 0 Å². The van der Waals surface area contributed by atoms with Gasteiger partial charge in [-0.3, -0.25) is 15.0 Å². The van der Waals surface area contributed by atoms with Crippen molar-refractivity contribution in [3.05, 3.63) is 248 Å². The molecule has 13 nitrogen and oxygen atoms in total. The number of hydrogen-bond donors (Lipinski definition) is 7. The molecule has 0 heterocycles. The highest BCUT2D eigenvalue weighted by Crippen LogP contribution is 2.48. The second kappa shape index (κ2) is 23.2. The van der Waals surface area contributed by atoms with Crippen LogP contribution in [-0.4, -0.2) is 61.5 Å². The lowest BCUT2D eigenvalue weighted by atomic mass is 9.97. The summed E-state index contributed by atoms with van der Waals surface area (Å²) in [6, 6.07) is 48.9. The Morgan fingerprint density at radius 3 is 1.21 bits per heavy atom. The van der Waals surface area contributed by atoms with E-state index < -0.39 is 23.9 Å². The van der Waals surface area contributed by atoms with E-state index in [1.54, 1.807) is 152 Å². The van der Waals surface area contributed by atoms with Crippen molar-refractivity contribution in [2.75, 3.05) is 7.11 Å². The quantitative estimate of drug-likeness (QED) is 0.0430. The summed E-state index contributed by atoms with van der Waals surface area (Å²) < 4.78 is 18.7. The van der Waals surface area contributed by atoms with Crippen LogP contribution >= 0.6 is 23.2 Å². The number of rotatable bonds is 17. The third-order valence-corrected chi connectivity index (χ3v) is 12.9. The molecule has 380 valence electrons. The molecule has 0 aromatic heterocycles. The lowest BCUT2D eigenvalue weighted by Crippen LogP contribution is -2.04. The predicted molar refractivity (Wildman–Crippen MR) is 295 cm³/mol. The molecule has 0 radical (unpaired) electrons. The van der Waals surface area contributed by atoms with Crippen LogP contribution in [0.1, 0.15) is 68.2 Å². The number of aromatic hydroxyl groups is 7. The van der Waals surface area contributed by atoms with Crippen LogP contribution in [0.2, 0.25) is 10.0 Å². The largest absolute Gasteiger partial charge is 0.508 e. The summed E-state index contributed by atoms with van der Waals surface area (Å²) in [5.74, 6) is -0.0290. The molecule has 7 N–H and O–H groups in total. The van der Waals surface area contributed by atoms with Crippen molar-refractivity contribution in [1.82, 2.24) is 0 Å². The molecule has 9 rings (SSSR count). The number of benzene rings is 9. The first-order valence-electron chi connectivity index (χ1n) is 23.5. The lowest BCUT2D eigenvalue weighted by Gasteiger charge is -2.21. The smallest absolute Gasteiger partial charge is 0.173 e. The first-order valence-corrected chi connectivity index (χ1v) is 24.3. The van der Waals surface area contributed by atoms with Crippen molar-refractivity contribution in [2.45, 2.75) is 18.1 Å². The molecule has 0 aliphatic heterocycles. The fraction of sp³-hybridized carbons (Fsp3) is 0.0656. The van der Waals surface area contributed by atoms with Gasteiger partial charge >= 0.3 is 0 Å². The van der Waals surface area contributed by atoms with Gasteiger partial charge in [0.15, 0.2) is 17.2 Å². The van der Waals surface area contributed by atoms with Gasteiger partial charge in [-0.2, -0.15) is 0 Å². The number of hydrogen-bond acceptors (Lipinski definition) is 13. The van der Waals surface area contributed by atoms with E-state index in [0.29, 0.717) is 38.9 Å². The monoisotopic (exact) mass is 1050 g/mol. The van der Waals surface area contributed by atoms with Crippen molar-refractivity contribution in [2.24, 2.45) is 15.0 Å². The van der Waals surface area contributed by atoms with E-state index in [9.17, 15) is 35.7 Å². The Kier molecular flexibility index (Phi) is 15.7. The second-order valence-electron chi connectivity index (χ2n) is 17.1. The van der Waals surface area contributed by atoms with Crippen LogP contribution in [0.3, 0.4) is 0 Å². The van der Waals surface area contributed by atoms with Crippen molar-refractivity contribution in [3.63, 3.8) is 0 Å². The van der Waals surface area contributed by atoms with Gasteiger partial charge in [-0.05, 0) is 60.7 Å². The maximum absolute atomic E-state index is 11.7. The van der Waals surface area contributed by atoms with Gasteiger partial charge in [0.1, 0.15) is 74.9 Å². The molecule has 15 heteroatoms. The normalized spacial score (nSPS) is 12.4. The van der Waals surface area contributed by atoms with E-state index in [-0.39, 0.29) is 84.4 Å². The maximum atomic E-state index is 11.7. The lowest BCUT2D eigenvalue weighted by molar-refractivity contribution is 0.373. The zero-order chi connectivity index (χ0) is 53.3. The van der Waals surface area contributed by atoms with Crippen LogP contribution in [-0.2, 0) is 0 Å². The molecule has 0 amide bonds. The van der Waals surface area contributed by atoms with Crippen molar-refractivity contribution in [1.29, 1.82) is 0 Å². The zero-order valence-electron chi connectivity index (χ0n) is 40.3. The summed E-state index contributed by atoms with van der Waals surface area (Å²) in [6.45, 7) is 0. The topological polar surface area (TPSA) is 206 Å². The molecular formula is C61H47Cl2N3O10. The number of ether oxygens (including phenoxy) is 3. The maximum Gasteiger partial charge on any atom is 0.173 e. The SMILES string of the molecule is COc1cc(C=NC(c2ccccc2O)c2ccccc2O)c(O)cc1Oc1ccccc1C(N=Cc1cc(Cl)c(Oc2ccccc2C(N=Cc2ccccc2O)c2ccccc2O)c(Cl)c1O)c1ccccc1O. The number of nitrogens with zero attached hydrogens (tertiary/aromatic N) is 3. The Morgan fingerprint density at radius 2 is 0.750 bits per heavy atom. The van der Waals surface area contributed by atoms with Gasteiger partial charge in [0.05, 0.1) is 12.1 Å². The highest BCUT2D eigenvalue weighted by atomic mass is 35.5. The van der Waals surface area contributed by atoms with Gasteiger partial charge in [0, 0.05) is 74.8 Å². The zero-order valence-corrected chi connectivity index (χ0v) is 41.8. The van der Waals surface area contributed by atoms with Crippen LogP contribution < -0.4 is 14.2 Å². The first-order chi connectivity index (χ1) is 36.9. The third kappa shape index (κ3) is 11.2. The summed E-state index contributed by atoms with van der Waals surface area (Å²) in [5.41, 5.74) is 3.43. The third-order valence-electron chi connectivity index (χ3n) is 12.3. The molecule has 9 aromatic carbocycles. The van der Waals surface area contributed by atoms with Gasteiger partial charge in [0.2, 0.25) is 0 Å². The van der Waals surface area contributed by atoms with Crippen molar-refractivity contribution in [3.8, 4) is 69.0 Å². The highest BCUT2D eigenvalue weighted by Gasteiger charge is 2.26. The number of phenolic OH excluding ortho intramolecular Hbond substituents is 7. The summed E-state index contributed by atoms with van der Waals surface area (Å²) >= 11 is 13.8. The second-order valence-corrected chi connectivity index (χ2v) is 17.9. The Bertz CT molecular complexity index is 3620. The Balaban J connectivity index is 1.03. The van der Waals surface area contributed by atoms with Gasteiger partial charge in [-0.15, -0.1) is 0 Å². The molecule has 2 atom stereocenters. The van der Waals surface area contributed by atoms with Gasteiger partial charge < -0.3 is 50.0 Å². The number of halogens is 2. The van der Waals surface area contributed by atoms with Crippen molar-refractivity contribution < 1.29 is 50.0 Å². The fourth-order valence-electron chi connectivity index (χ4n) is 8.46. The number of aliphatic imine (C=N–C) groups is 3. The molecule has 0 aliphatic rings. The Hall–Kier alpha value is -9.43. The number of phenols is 7. The van der Waals surface area contributed by atoms with Gasteiger partial charge in [-0.25, -0.2) is 0 Å². The fourth-order valence-corrected chi connectivity index (χ4v) is 9.01. The van der Waals surface area contributed by atoms with E-state index in [1.165, 1.54) is 62.2 Å². The molecule has 0 bridgehead atoms. The summed E-state index contributed by atoms with van der Waals surface area (Å²) in [7, 11) is 1.44. The molecule has 0 aliphatic carbocycles. The van der Waals surface area contributed by atoms with Crippen molar-refractivity contribution >= 4 is 41.8 Å². The summed E-state index contributed by atoms with van der Waals surface area (Å²) in [5, 5.41) is 77.2. The van der Waals surface area contributed by atoms with Crippen LogP contribution in [0.4, 0.5) is 0 Å². The van der Waals surface area contributed by atoms with E-state index in [2.05, 4.69) is 0 Å². The molecule has 76 heavy (non-hydrogen) atoms. The highest BCUT2D eigenvalue weighted by molar-refractivity contribution is 6.38. The molecule has 0 saturated carbocycles.